The number of aliphatic hydroxyl groups is 2. The molecule has 2 aliphatic heterocycles. The third kappa shape index (κ3) is 7.76. The molecule has 0 spiro atoms. The van der Waals surface area contributed by atoms with Crippen molar-refractivity contribution in [2.45, 2.75) is 115 Å². The molecule has 2 saturated heterocycles. The summed E-state index contributed by atoms with van der Waals surface area (Å²) in [6, 6.07) is 11.1. The zero-order valence-corrected chi connectivity index (χ0v) is 33.3. The maximum absolute atomic E-state index is 17.1. The molecule has 4 aromatic rings. The molecule has 4 atom stereocenters. The van der Waals surface area contributed by atoms with E-state index >= 15 is 4.39 Å². The Hall–Kier alpha value is -3.95. The minimum Gasteiger partial charge on any atom is -0.444 e. The maximum atomic E-state index is 17.1. The average Bonchev–Trinajstić information content (AvgIpc) is 3.49. The average molecular weight is 793 g/mol. The zero-order valence-electron chi connectivity index (χ0n) is 31.7. The Morgan fingerprint density at radius 2 is 1.76 bits per heavy atom. The second kappa shape index (κ2) is 15.5. The van der Waals surface area contributed by atoms with Crippen LogP contribution >= 0.6 is 23.2 Å². The predicted molar refractivity (Wildman–Crippen MR) is 210 cm³/mol. The lowest BCUT2D eigenvalue weighted by atomic mass is 9.93. The molecule has 2 aliphatic carbocycles. The molecule has 2 amide bonds. The number of ether oxygens (including phenoxy) is 1. The van der Waals surface area contributed by atoms with Crippen molar-refractivity contribution in [3.63, 3.8) is 0 Å². The van der Waals surface area contributed by atoms with Gasteiger partial charge >= 0.3 is 6.09 Å². The van der Waals surface area contributed by atoms with Crippen LogP contribution in [-0.2, 0) is 16.0 Å². The quantitative estimate of drug-likeness (QED) is 0.200. The molecule has 8 rings (SSSR count). The van der Waals surface area contributed by atoms with E-state index in [0.29, 0.717) is 59.7 Å². The van der Waals surface area contributed by atoms with Crippen molar-refractivity contribution in [2.75, 3.05) is 19.6 Å². The number of fused-ring (bicyclic) bond motifs is 3. The highest BCUT2D eigenvalue weighted by molar-refractivity contribution is 6.43. The highest BCUT2D eigenvalue weighted by Crippen LogP contribution is 2.46. The number of likely N-dealkylation sites (tertiary alicyclic amines) is 2. The summed E-state index contributed by atoms with van der Waals surface area (Å²) in [5.74, 6) is -0.235. The van der Waals surface area contributed by atoms with Crippen LogP contribution in [0.4, 0.5) is 9.18 Å². The summed E-state index contributed by atoms with van der Waals surface area (Å²) in [6.07, 6.45) is 5.08. The van der Waals surface area contributed by atoms with E-state index in [1.165, 1.54) is 0 Å². The second-order valence-corrected chi connectivity index (χ2v) is 17.1. The topological polar surface area (TPSA) is 132 Å². The molecule has 292 valence electrons. The minimum absolute atomic E-state index is 0.0883. The second-order valence-electron chi connectivity index (χ2n) is 16.3. The van der Waals surface area contributed by atoms with E-state index in [2.05, 4.69) is 16.7 Å². The first-order valence-corrected chi connectivity index (χ1v) is 20.1. The summed E-state index contributed by atoms with van der Waals surface area (Å²) >= 11 is 13.0. The molecule has 10 nitrogen and oxygen atoms in total. The van der Waals surface area contributed by atoms with Gasteiger partial charge in [-0.05, 0) is 103 Å². The SMILES string of the molecule is Cc1nc2c(F)c(-c3cccc(Cl)c3Cl)c(CCC#N)cc2c2c1cc(C1CCCN1C(=O)C1CC1)n2C1CCN(C(=O)OC(C)(C)C)C1.OC1CCC1O. The van der Waals surface area contributed by atoms with Crippen LogP contribution in [0.3, 0.4) is 0 Å². The van der Waals surface area contributed by atoms with Crippen LogP contribution in [0, 0.1) is 30.0 Å². The van der Waals surface area contributed by atoms with Crippen molar-refractivity contribution in [1.82, 2.24) is 19.4 Å². The monoisotopic (exact) mass is 791 g/mol. The van der Waals surface area contributed by atoms with E-state index in [1.54, 1.807) is 23.1 Å². The van der Waals surface area contributed by atoms with Crippen molar-refractivity contribution in [2.24, 2.45) is 5.92 Å². The number of carbonyl (C=O) groups excluding carboxylic acids is 2. The summed E-state index contributed by atoms with van der Waals surface area (Å²) < 4.78 is 25.1. The number of aryl methyl sites for hydroxylation is 2. The van der Waals surface area contributed by atoms with Crippen LogP contribution in [0.25, 0.3) is 32.9 Å². The summed E-state index contributed by atoms with van der Waals surface area (Å²) in [7, 11) is 0. The van der Waals surface area contributed by atoms with E-state index in [0.717, 1.165) is 55.1 Å². The number of carbonyl (C=O) groups is 2. The number of halogens is 3. The number of aromatic nitrogens is 2. The van der Waals surface area contributed by atoms with E-state index in [1.807, 2.05) is 38.7 Å². The Kier molecular flexibility index (Phi) is 11.1. The molecule has 13 heteroatoms. The zero-order chi connectivity index (χ0) is 39.3. The van der Waals surface area contributed by atoms with Gasteiger partial charge in [-0.1, -0.05) is 35.3 Å². The van der Waals surface area contributed by atoms with Crippen LogP contribution in [-0.4, -0.2) is 79.0 Å². The molecule has 2 N–H and O–H groups in total. The Balaban J connectivity index is 0.000000708. The lowest BCUT2D eigenvalue weighted by molar-refractivity contribution is -0.133. The number of nitrogens with zero attached hydrogens (tertiary/aromatic N) is 5. The van der Waals surface area contributed by atoms with Gasteiger partial charge in [-0.15, -0.1) is 0 Å². The number of nitriles is 1. The number of aliphatic hydroxyl groups excluding tert-OH is 2. The smallest absolute Gasteiger partial charge is 0.410 e. The molecule has 0 bridgehead atoms. The van der Waals surface area contributed by atoms with Gasteiger partial charge in [-0.2, -0.15) is 5.26 Å². The first kappa shape index (κ1) is 39.3. The largest absolute Gasteiger partial charge is 0.444 e. The van der Waals surface area contributed by atoms with Crippen LogP contribution in [0.1, 0.15) is 101 Å². The molecule has 0 radical (unpaired) electrons. The molecule has 2 aromatic carbocycles. The van der Waals surface area contributed by atoms with E-state index < -0.39 is 23.6 Å². The first-order valence-electron chi connectivity index (χ1n) is 19.3. The summed E-state index contributed by atoms with van der Waals surface area (Å²) in [4.78, 5) is 35.4. The van der Waals surface area contributed by atoms with Crippen molar-refractivity contribution in [3.05, 3.63) is 63.1 Å². The Labute approximate surface area is 330 Å². The van der Waals surface area contributed by atoms with Crippen LogP contribution in [0.2, 0.25) is 10.0 Å². The van der Waals surface area contributed by atoms with E-state index in [9.17, 15) is 14.9 Å². The van der Waals surface area contributed by atoms with Crippen molar-refractivity contribution >= 4 is 57.0 Å². The third-order valence-electron chi connectivity index (χ3n) is 11.2. The van der Waals surface area contributed by atoms with E-state index in [-0.39, 0.29) is 52.5 Å². The predicted octanol–water partition coefficient (Wildman–Crippen LogP) is 8.82. The molecule has 4 heterocycles. The molecule has 2 saturated carbocycles. The minimum atomic E-state index is -0.631. The lowest BCUT2D eigenvalue weighted by Crippen LogP contribution is -2.36. The van der Waals surface area contributed by atoms with Gasteiger partial charge in [-0.3, -0.25) is 4.79 Å². The number of amides is 2. The molecule has 4 aliphatic rings. The van der Waals surface area contributed by atoms with Gasteiger partial charge in [0, 0.05) is 65.3 Å². The molecule has 55 heavy (non-hydrogen) atoms. The van der Waals surface area contributed by atoms with Crippen molar-refractivity contribution in [3.8, 4) is 17.2 Å². The summed E-state index contributed by atoms with van der Waals surface area (Å²) in [5, 5.41) is 28.5. The highest BCUT2D eigenvalue weighted by atomic mass is 35.5. The van der Waals surface area contributed by atoms with Gasteiger partial charge in [0.15, 0.2) is 5.82 Å². The molecule has 2 aromatic heterocycles. The molecular weight excluding hydrogens is 744 g/mol. The standard InChI is InChI=1S/C38H40Cl2FN5O3.C4H8O2/c1-21-26-19-30(29-11-7-16-45(29)36(47)22-12-13-22)46(24-14-17-44(20-24)37(48)49-38(2,3)4)35(26)27-18-23(8-6-15-42)31(33(41)34(27)43-21)25-9-5-10-28(39)32(25)40;5-3-1-2-4(3)6/h5,9-10,18-19,22,24,29H,6-8,11-14,16-17,20H2,1-4H3;3-6H,1-2H2. The fourth-order valence-corrected chi connectivity index (χ4v) is 8.54. The van der Waals surface area contributed by atoms with Crippen molar-refractivity contribution < 1.29 is 28.9 Å². The Morgan fingerprint density at radius 3 is 2.40 bits per heavy atom. The number of hydrogen-bond donors (Lipinski definition) is 2. The van der Waals surface area contributed by atoms with E-state index in [4.69, 9.17) is 43.1 Å². The molecule has 4 fully saturated rings. The highest BCUT2D eigenvalue weighted by Gasteiger charge is 2.42. The number of rotatable bonds is 6. The number of pyridine rings is 1. The van der Waals surface area contributed by atoms with Crippen molar-refractivity contribution in [1.29, 1.82) is 5.26 Å². The fourth-order valence-electron chi connectivity index (χ4n) is 8.14. The molecular formula is C42H48Cl2FN5O5. The Morgan fingerprint density at radius 1 is 1.04 bits per heavy atom. The molecule has 4 unspecified atom stereocenters. The van der Waals surface area contributed by atoms with Gasteiger partial charge in [0.25, 0.3) is 0 Å². The summed E-state index contributed by atoms with van der Waals surface area (Å²) in [6.45, 7) is 9.07. The maximum Gasteiger partial charge on any atom is 0.410 e. The number of benzene rings is 2. The Bertz CT molecular complexity index is 2180. The normalized spacial score (nSPS) is 22.4. The van der Waals surface area contributed by atoms with Gasteiger partial charge < -0.3 is 29.3 Å². The first-order chi connectivity index (χ1) is 26.2. The van der Waals surface area contributed by atoms with Crippen LogP contribution in [0.15, 0.2) is 30.3 Å². The van der Waals surface area contributed by atoms with Crippen LogP contribution < -0.4 is 0 Å². The van der Waals surface area contributed by atoms with Gasteiger partial charge in [0.2, 0.25) is 5.91 Å². The van der Waals surface area contributed by atoms with Crippen LogP contribution in [0.5, 0.6) is 0 Å². The van der Waals surface area contributed by atoms with Gasteiger partial charge in [0.05, 0.1) is 45.9 Å². The fraction of sp³-hybridized carbons (Fsp3) is 0.524. The van der Waals surface area contributed by atoms with Gasteiger partial charge in [-0.25, -0.2) is 14.2 Å². The number of hydrogen-bond acceptors (Lipinski definition) is 7. The third-order valence-corrected chi connectivity index (χ3v) is 12.0. The van der Waals surface area contributed by atoms with Gasteiger partial charge in [0.1, 0.15) is 11.1 Å². The summed E-state index contributed by atoms with van der Waals surface area (Å²) in [5.41, 5.74) is 3.39. The lowest BCUT2D eigenvalue weighted by Gasteiger charge is -2.29.